The van der Waals surface area contributed by atoms with Crippen LogP contribution in [0.15, 0.2) is 18.2 Å². The second-order valence-electron chi connectivity index (χ2n) is 6.62. The molecule has 3 heteroatoms. The highest BCUT2D eigenvalue weighted by Gasteiger charge is 2.35. The van der Waals surface area contributed by atoms with Crippen LogP contribution in [0.25, 0.3) is 0 Å². The first-order valence-electron chi connectivity index (χ1n) is 8.09. The van der Waals surface area contributed by atoms with Crippen LogP contribution in [0.2, 0.25) is 0 Å². The molecule has 3 N–H and O–H groups in total. The molecule has 0 aliphatic heterocycles. The number of nitrogens with one attached hydrogen (secondary N) is 1. The number of hydrogen-bond acceptors (Lipinski definition) is 2. The summed E-state index contributed by atoms with van der Waals surface area (Å²) < 4.78 is 0. The molecule has 0 saturated heterocycles. The lowest BCUT2D eigenvalue weighted by molar-refractivity contribution is -0.124. The Hall–Kier alpha value is -1.35. The normalized spacial score (nSPS) is 19.8. The molecule has 0 aromatic heterocycles. The Kier molecular flexibility index (Phi) is 5.04. The molecule has 1 fully saturated rings. The van der Waals surface area contributed by atoms with E-state index in [0.717, 1.165) is 18.4 Å². The van der Waals surface area contributed by atoms with Gasteiger partial charge in [0.1, 0.15) is 5.54 Å². The van der Waals surface area contributed by atoms with Gasteiger partial charge >= 0.3 is 0 Å². The van der Waals surface area contributed by atoms with Crippen molar-refractivity contribution >= 4 is 5.91 Å². The van der Waals surface area contributed by atoms with Crippen molar-refractivity contribution in [3.8, 4) is 0 Å². The third-order valence-corrected chi connectivity index (χ3v) is 4.93. The molecule has 1 aliphatic carbocycles. The molecule has 116 valence electrons. The van der Waals surface area contributed by atoms with Crippen molar-refractivity contribution in [2.75, 3.05) is 0 Å². The van der Waals surface area contributed by atoms with E-state index in [4.69, 9.17) is 5.73 Å². The number of aryl methyl sites for hydroxylation is 2. The van der Waals surface area contributed by atoms with E-state index in [1.54, 1.807) is 0 Å². The first-order chi connectivity index (χ1) is 9.93. The lowest BCUT2D eigenvalue weighted by atomic mass is 9.87. The van der Waals surface area contributed by atoms with E-state index in [1.165, 1.54) is 36.8 Å². The maximum Gasteiger partial charge on any atom is 0.242 e. The number of carbonyl (C=O) groups is 1. The van der Waals surface area contributed by atoms with Gasteiger partial charge in [-0.2, -0.15) is 0 Å². The van der Waals surface area contributed by atoms with Gasteiger partial charge < -0.3 is 5.73 Å². The van der Waals surface area contributed by atoms with Gasteiger partial charge in [0.05, 0.1) is 0 Å². The van der Waals surface area contributed by atoms with E-state index in [2.05, 4.69) is 31.3 Å². The van der Waals surface area contributed by atoms with Crippen molar-refractivity contribution in [3.05, 3.63) is 34.9 Å². The van der Waals surface area contributed by atoms with E-state index in [9.17, 15) is 4.79 Å². The van der Waals surface area contributed by atoms with Crippen molar-refractivity contribution in [2.45, 2.75) is 70.9 Å². The monoisotopic (exact) mass is 288 g/mol. The van der Waals surface area contributed by atoms with Crippen LogP contribution in [0, 0.1) is 13.8 Å². The Labute approximate surface area is 128 Å². The van der Waals surface area contributed by atoms with Gasteiger partial charge in [-0.3, -0.25) is 10.1 Å². The van der Waals surface area contributed by atoms with Crippen LogP contribution in [0.1, 0.15) is 62.1 Å². The molecule has 0 radical (unpaired) electrons. The number of rotatable bonds is 4. The van der Waals surface area contributed by atoms with Crippen LogP contribution in [0.3, 0.4) is 0 Å². The van der Waals surface area contributed by atoms with Crippen LogP contribution < -0.4 is 11.1 Å². The zero-order valence-corrected chi connectivity index (χ0v) is 13.5. The zero-order chi connectivity index (χ0) is 15.5. The van der Waals surface area contributed by atoms with Crippen LogP contribution in [0.5, 0.6) is 0 Å². The molecule has 2 rings (SSSR count). The Morgan fingerprint density at radius 2 is 1.76 bits per heavy atom. The molecule has 1 aromatic rings. The Bertz CT molecular complexity index is 504. The number of hydrogen-bond donors (Lipinski definition) is 2. The molecule has 1 unspecified atom stereocenters. The number of amides is 1. The first kappa shape index (κ1) is 16.0. The van der Waals surface area contributed by atoms with Crippen LogP contribution >= 0.6 is 0 Å². The number of nitrogens with two attached hydrogens (primary N) is 1. The standard InChI is InChI=1S/C18H28N2O/c1-13-10-11-15(12-14(13)2)18(3,17(19)21)20-16-8-6-4-5-7-9-16/h10-12,16,20H,4-9H2,1-3H3,(H2,19,21). The Morgan fingerprint density at radius 1 is 1.14 bits per heavy atom. The van der Waals surface area contributed by atoms with Gasteiger partial charge in [-0.05, 0) is 50.3 Å². The van der Waals surface area contributed by atoms with E-state index >= 15 is 0 Å². The summed E-state index contributed by atoms with van der Waals surface area (Å²) in [6.07, 6.45) is 7.34. The summed E-state index contributed by atoms with van der Waals surface area (Å²) in [4.78, 5) is 12.1. The van der Waals surface area contributed by atoms with E-state index in [1.807, 2.05) is 13.0 Å². The quantitative estimate of drug-likeness (QED) is 0.835. The van der Waals surface area contributed by atoms with Crippen molar-refractivity contribution in [1.29, 1.82) is 0 Å². The molecule has 1 atom stereocenters. The molecular formula is C18H28N2O. The summed E-state index contributed by atoms with van der Waals surface area (Å²) in [5.41, 5.74) is 8.37. The second-order valence-corrected chi connectivity index (χ2v) is 6.62. The van der Waals surface area contributed by atoms with Crippen molar-refractivity contribution in [2.24, 2.45) is 5.73 Å². The highest BCUT2D eigenvalue weighted by molar-refractivity contribution is 5.85. The molecule has 0 bridgehead atoms. The van der Waals surface area contributed by atoms with E-state index in [0.29, 0.717) is 6.04 Å². The predicted octanol–water partition coefficient (Wildman–Crippen LogP) is 3.32. The van der Waals surface area contributed by atoms with Crippen molar-refractivity contribution in [1.82, 2.24) is 5.32 Å². The van der Waals surface area contributed by atoms with Crippen LogP contribution in [-0.4, -0.2) is 11.9 Å². The number of primary amides is 1. The average Bonchev–Trinajstić information content (AvgIpc) is 2.70. The fourth-order valence-electron chi connectivity index (χ4n) is 3.18. The number of benzene rings is 1. The van der Waals surface area contributed by atoms with Gasteiger partial charge in [-0.15, -0.1) is 0 Å². The van der Waals surface area contributed by atoms with E-state index < -0.39 is 5.54 Å². The molecule has 1 amide bonds. The number of carbonyl (C=O) groups excluding carboxylic acids is 1. The molecule has 1 aliphatic rings. The molecule has 0 heterocycles. The van der Waals surface area contributed by atoms with Gasteiger partial charge in [0.2, 0.25) is 5.91 Å². The molecule has 3 nitrogen and oxygen atoms in total. The molecule has 0 spiro atoms. The second kappa shape index (κ2) is 6.61. The smallest absolute Gasteiger partial charge is 0.242 e. The summed E-state index contributed by atoms with van der Waals surface area (Å²) in [5, 5.41) is 3.56. The van der Waals surface area contributed by atoms with Gasteiger partial charge in [-0.1, -0.05) is 43.9 Å². The van der Waals surface area contributed by atoms with Gasteiger partial charge in [0, 0.05) is 6.04 Å². The fourth-order valence-corrected chi connectivity index (χ4v) is 3.18. The van der Waals surface area contributed by atoms with Gasteiger partial charge in [0.15, 0.2) is 0 Å². The minimum absolute atomic E-state index is 0.296. The topological polar surface area (TPSA) is 55.1 Å². The van der Waals surface area contributed by atoms with Crippen LogP contribution in [0.4, 0.5) is 0 Å². The molecule has 1 aromatic carbocycles. The van der Waals surface area contributed by atoms with E-state index in [-0.39, 0.29) is 5.91 Å². The minimum Gasteiger partial charge on any atom is -0.368 e. The summed E-state index contributed by atoms with van der Waals surface area (Å²) in [7, 11) is 0. The fraction of sp³-hybridized carbons (Fsp3) is 0.611. The summed E-state index contributed by atoms with van der Waals surface area (Å²) in [6.45, 7) is 6.08. The average molecular weight is 288 g/mol. The zero-order valence-electron chi connectivity index (χ0n) is 13.5. The summed E-state index contributed by atoms with van der Waals surface area (Å²) in [6, 6.07) is 6.56. The maximum atomic E-state index is 12.1. The Morgan fingerprint density at radius 3 is 2.29 bits per heavy atom. The highest BCUT2D eigenvalue weighted by Crippen LogP contribution is 2.27. The third-order valence-electron chi connectivity index (χ3n) is 4.93. The first-order valence-corrected chi connectivity index (χ1v) is 8.09. The largest absolute Gasteiger partial charge is 0.368 e. The lowest BCUT2D eigenvalue weighted by Crippen LogP contribution is -2.54. The lowest BCUT2D eigenvalue weighted by Gasteiger charge is -2.33. The molecular weight excluding hydrogens is 260 g/mol. The molecule has 1 saturated carbocycles. The van der Waals surface area contributed by atoms with Crippen LogP contribution in [-0.2, 0) is 10.3 Å². The van der Waals surface area contributed by atoms with Gasteiger partial charge in [0.25, 0.3) is 0 Å². The maximum absolute atomic E-state index is 12.1. The predicted molar refractivity (Wildman–Crippen MR) is 87.1 cm³/mol. The molecule has 21 heavy (non-hydrogen) atoms. The SMILES string of the molecule is Cc1ccc(C(C)(NC2CCCCCC2)C(N)=O)cc1C. The van der Waals surface area contributed by atoms with Gasteiger partial charge in [-0.25, -0.2) is 0 Å². The van der Waals surface area contributed by atoms with Crippen molar-refractivity contribution < 1.29 is 4.79 Å². The summed E-state index contributed by atoms with van der Waals surface area (Å²) in [5.74, 6) is -0.296. The minimum atomic E-state index is -0.784. The Balaban J connectivity index is 2.26. The highest BCUT2D eigenvalue weighted by atomic mass is 16.1. The van der Waals surface area contributed by atoms with Crippen molar-refractivity contribution in [3.63, 3.8) is 0 Å². The third kappa shape index (κ3) is 3.65. The summed E-state index contributed by atoms with van der Waals surface area (Å²) >= 11 is 0.